The second-order valence-electron chi connectivity index (χ2n) is 9.12. The SMILES string of the molecule is Cc1c(C2CN(Cc3cnn(-c4cc(F)c5oc(=O)n(C)c5c4)c3)CCN2)ccc2c1COC2=O. The van der Waals surface area contributed by atoms with Gasteiger partial charge in [0.1, 0.15) is 6.61 Å². The van der Waals surface area contributed by atoms with Crippen LogP contribution in [0.15, 0.2) is 45.9 Å². The van der Waals surface area contributed by atoms with Crippen LogP contribution in [0.4, 0.5) is 4.39 Å². The molecule has 180 valence electrons. The van der Waals surface area contributed by atoms with E-state index in [0.29, 0.717) is 29.9 Å². The van der Waals surface area contributed by atoms with Gasteiger partial charge in [0, 0.05) is 62.7 Å². The van der Waals surface area contributed by atoms with Crippen molar-refractivity contribution in [3.63, 3.8) is 0 Å². The molecule has 2 aromatic heterocycles. The average molecular weight is 477 g/mol. The standard InChI is InChI=1S/C25H24FN5O4/c1-14-17(3-4-18-19(14)13-34-24(18)32)21-12-30(6-5-27-21)10-15-9-28-31(11-15)16-7-20(26)23-22(8-16)29(2)25(33)35-23/h3-4,7-9,11,21,27H,5-6,10,12-13H2,1-2H3. The van der Waals surface area contributed by atoms with Crippen LogP contribution < -0.4 is 11.1 Å². The molecule has 6 rings (SSSR count). The highest BCUT2D eigenvalue weighted by Crippen LogP contribution is 2.30. The number of aryl methyl sites for hydroxylation is 1. The summed E-state index contributed by atoms with van der Waals surface area (Å²) in [6, 6.07) is 7.02. The van der Waals surface area contributed by atoms with Gasteiger partial charge in [-0.25, -0.2) is 18.7 Å². The monoisotopic (exact) mass is 477 g/mol. The van der Waals surface area contributed by atoms with Gasteiger partial charge in [0.2, 0.25) is 0 Å². The van der Waals surface area contributed by atoms with Crippen molar-refractivity contribution in [3.8, 4) is 5.69 Å². The summed E-state index contributed by atoms with van der Waals surface area (Å²) in [5.41, 5.74) is 5.76. The molecule has 0 saturated carbocycles. The van der Waals surface area contributed by atoms with E-state index >= 15 is 0 Å². The van der Waals surface area contributed by atoms with Crippen LogP contribution in [0.3, 0.4) is 0 Å². The van der Waals surface area contributed by atoms with E-state index < -0.39 is 11.6 Å². The predicted molar refractivity (Wildman–Crippen MR) is 125 cm³/mol. The zero-order chi connectivity index (χ0) is 24.3. The Hall–Kier alpha value is -3.76. The first-order chi connectivity index (χ1) is 16.9. The number of halogens is 1. The molecule has 9 nitrogen and oxygen atoms in total. The number of hydrogen-bond donors (Lipinski definition) is 1. The lowest BCUT2D eigenvalue weighted by Gasteiger charge is -2.34. The highest BCUT2D eigenvalue weighted by atomic mass is 19.1. The molecule has 1 saturated heterocycles. The van der Waals surface area contributed by atoms with Gasteiger partial charge in [-0.1, -0.05) is 6.07 Å². The van der Waals surface area contributed by atoms with E-state index in [4.69, 9.17) is 9.15 Å². The Bertz CT molecular complexity index is 1530. The number of cyclic esters (lactones) is 1. The molecule has 0 aliphatic carbocycles. The summed E-state index contributed by atoms with van der Waals surface area (Å²) in [5.74, 6) is -1.46. The van der Waals surface area contributed by atoms with Crippen LogP contribution in [0.2, 0.25) is 0 Å². The first kappa shape index (κ1) is 21.8. The molecule has 0 spiro atoms. The number of carbonyl (C=O) groups is 1. The van der Waals surface area contributed by atoms with E-state index in [1.165, 1.54) is 16.2 Å². The molecular weight excluding hydrogens is 453 g/mol. The summed E-state index contributed by atoms with van der Waals surface area (Å²) in [6.45, 7) is 5.59. The Labute approximate surface area is 199 Å². The molecule has 0 bridgehead atoms. The number of hydrogen-bond acceptors (Lipinski definition) is 7. The van der Waals surface area contributed by atoms with Gasteiger partial charge in [0.25, 0.3) is 0 Å². The van der Waals surface area contributed by atoms with Crippen molar-refractivity contribution in [1.29, 1.82) is 0 Å². The fourth-order valence-electron chi connectivity index (χ4n) is 5.05. The molecule has 2 aromatic carbocycles. The first-order valence-electron chi connectivity index (χ1n) is 11.5. The molecule has 2 aliphatic rings. The van der Waals surface area contributed by atoms with Crippen molar-refractivity contribution in [2.24, 2.45) is 7.05 Å². The molecule has 1 N–H and O–H groups in total. The van der Waals surface area contributed by atoms with E-state index in [1.807, 2.05) is 25.3 Å². The minimum absolute atomic E-state index is 0.0572. The highest BCUT2D eigenvalue weighted by molar-refractivity contribution is 5.94. The van der Waals surface area contributed by atoms with Crippen LogP contribution in [-0.4, -0.2) is 44.9 Å². The number of oxazole rings is 1. The number of carbonyl (C=O) groups excluding carboxylic acids is 1. The van der Waals surface area contributed by atoms with Gasteiger partial charge in [-0.3, -0.25) is 9.47 Å². The molecule has 2 aliphatic heterocycles. The highest BCUT2D eigenvalue weighted by Gasteiger charge is 2.28. The van der Waals surface area contributed by atoms with Gasteiger partial charge >= 0.3 is 11.7 Å². The van der Waals surface area contributed by atoms with Crippen LogP contribution in [0.5, 0.6) is 0 Å². The second-order valence-corrected chi connectivity index (χ2v) is 9.12. The minimum Gasteiger partial charge on any atom is -0.457 e. The molecule has 4 heterocycles. The lowest BCUT2D eigenvalue weighted by molar-refractivity contribution is 0.0535. The Morgan fingerprint density at radius 1 is 1.26 bits per heavy atom. The van der Waals surface area contributed by atoms with Gasteiger partial charge in [-0.2, -0.15) is 5.10 Å². The summed E-state index contributed by atoms with van der Waals surface area (Å²) in [5, 5.41) is 8.01. The molecular formula is C25H24FN5O4. The average Bonchev–Trinajstić information content (AvgIpc) is 3.54. The summed E-state index contributed by atoms with van der Waals surface area (Å²) in [7, 11) is 1.54. The third-order valence-electron chi connectivity index (χ3n) is 6.98. The Kier molecular flexibility index (Phi) is 5.08. The molecule has 4 aromatic rings. The maximum atomic E-state index is 14.5. The van der Waals surface area contributed by atoms with Crippen LogP contribution in [0.1, 0.15) is 38.7 Å². The summed E-state index contributed by atoms with van der Waals surface area (Å²) >= 11 is 0. The maximum Gasteiger partial charge on any atom is 0.419 e. The first-order valence-corrected chi connectivity index (χ1v) is 11.5. The Balaban J connectivity index is 1.21. The maximum absolute atomic E-state index is 14.5. The Morgan fingerprint density at radius 2 is 2.11 bits per heavy atom. The molecule has 1 atom stereocenters. The van der Waals surface area contributed by atoms with Crippen molar-refractivity contribution < 1.29 is 18.3 Å². The van der Waals surface area contributed by atoms with Crippen molar-refractivity contribution in [2.75, 3.05) is 19.6 Å². The molecule has 1 fully saturated rings. The number of aromatic nitrogens is 3. The molecule has 0 radical (unpaired) electrons. The van der Waals surface area contributed by atoms with E-state index in [1.54, 1.807) is 24.0 Å². The van der Waals surface area contributed by atoms with Crippen LogP contribution in [0.25, 0.3) is 16.8 Å². The van der Waals surface area contributed by atoms with Gasteiger partial charge < -0.3 is 14.5 Å². The molecule has 0 amide bonds. The van der Waals surface area contributed by atoms with Gasteiger partial charge in [-0.15, -0.1) is 0 Å². The molecule has 10 heteroatoms. The number of esters is 1. The zero-order valence-corrected chi connectivity index (χ0v) is 19.4. The quantitative estimate of drug-likeness (QED) is 0.452. The van der Waals surface area contributed by atoms with Crippen LogP contribution in [-0.2, 0) is 24.9 Å². The van der Waals surface area contributed by atoms with Crippen molar-refractivity contribution >= 4 is 17.1 Å². The van der Waals surface area contributed by atoms with Crippen molar-refractivity contribution in [3.05, 3.63) is 80.8 Å². The largest absolute Gasteiger partial charge is 0.457 e. The fourth-order valence-corrected chi connectivity index (χ4v) is 5.05. The zero-order valence-electron chi connectivity index (χ0n) is 19.4. The van der Waals surface area contributed by atoms with E-state index in [0.717, 1.165) is 36.3 Å². The van der Waals surface area contributed by atoms with E-state index in [2.05, 4.69) is 15.3 Å². The number of piperazine rings is 1. The normalized spacial score (nSPS) is 18.3. The van der Waals surface area contributed by atoms with E-state index in [9.17, 15) is 14.0 Å². The number of rotatable bonds is 4. The van der Waals surface area contributed by atoms with Gasteiger partial charge in [0.15, 0.2) is 11.4 Å². The Morgan fingerprint density at radius 3 is 2.97 bits per heavy atom. The molecule has 1 unspecified atom stereocenters. The van der Waals surface area contributed by atoms with Gasteiger partial charge in [0.05, 0.1) is 23.0 Å². The number of ether oxygens (including phenoxy) is 1. The van der Waals surface area contributed by atoms with Gasteiger partial charge in [-0.05, 0) is 30.2 Å². The summed E-state index contributed by atoms with van der Waals surface area (Å²) in [4.78, 5) is 26.0. The third kappa shape index (κ3) is 3.65. The summed E-state index contributed by atoms with van der Waals surface area (Å²) in [6.07, 6.45) is 3.65. The summed E-state index contributed by atoms with van der Waals surface area (Å²) < 4.78 is 27.6. The van der Waals surface area contributed by atoms with Crippen molar-refractivity contribution in [1.82, 2.24) is 24.6 Å². The van der Waals surface area contributed by atoms with Crippen LogP contribution in [0, 0.1) is 12.7 Å². The topological polar surface area (TPSA) is 94.5 Å². The lowest BCUT2D eigenvalue weighted by atomic mass is 9.93. The van der Waals surface area contributed by atoms with E-state index in [-0.39, 0.29) is 17.6 Å². The second kappa shape index (κ2) is 8.17. The third-order valence-corrected chi connectivity index (χ3v) is 6.98. The minimum atomic E-state index is -0.608. The smallest absolute Gasteiger partial charge is 0.419 e. The fraction of sp³-hybridized carbons (Fsp3) is 0.320. The number of fused-ring (bicyclic) bond motifs is 2. The molecule has 35 heavy (non-hydrogen) atoms. The van der Waals surface area contributed by atoms with Crippen molar-refractivity contribution in [2.45, 2.75) is 26.1 Å². The lowest BCUT2D eigenvalue weighted by Crippen LogP contribution is -2.45. The predicted octanol–water partition coefficient (Wildman–Crippen LogP) is 2.58. The number of nitrogens with zero attached hydrogens (tertiary/aromatic N) is 4. The van der Waals surface area contributed by atoms with Crippen LogP contribution >= 0.6 is 0 Å². The number of benzene rings is 2. The number of nitrogens with one attached hydrogen (secondary N) is 1.